The number of aliphatic hydroxyl groups is 1. The molecule has 1 N–H and O–H groups in total. The van der Waals surface area contributed by atoms with Gasteiger partial charge in [0.15, 0.2) is 0 Å². The van der Waals surface area contributed by atoms with Crippen LogP contribution in [0.5, 0.6) is 0 Å². The van der Waals surface area contributed by atoms with Gasteiger partial charge in [-0.2, -0.15) is 0 Å². The third-order valence-electron chi connectivity index (χ3n) is 3.92. The molecule has 1 unspecified atom stereocenters. The molecule has 0 amide bonds. The SMILES string of the molecule is CCc1ccc(C(CO)N2CCN(C)CC2)cc1. The largest absolute Gasteiger partial charge is 0.394 e. The second kappa shape index (κ2) is 6.32. The summed E-state index contributed by atoms with van der Waals surface area (Å²) < 4.78 is 0. The summed E-state index contributed by atoms with van der Waals surface area (Å²) in [4.78, 5) is 4.73. The molecule has 3 heteroatoms. The van der Waals surface area contributed by atoms with Crippen LogP contribution in [0, 0.1) is 0 Å². The predicted molar refractivity (Wildman–Crippen MR) is 74.7 cm³/mol. The normalized spacial score (nSPS) is 19.9. The van der Waals surface area contributed by atoms with Crippen LogP contribution < -0.4 is 0 Å². The second-order valence-corrected chi connectivity index (χ2v) is 5.13. The molecule has 100 valence electrons. The number of benzene rings is 1. The second-order valence-electron chi connectivity index (χ2n) is 5.13. The number of rotatable bonds is 4. The van der Waals surface area contributed by atoms with Gasteiger partial charge in [0.25, 0.3) is 0 Å². The number of hydrogen-bond acceptors (Lipinski definition) is 3. The lowest BCUT2D eigenvalue weighted by Gasteiger charge is -2.37. The molecule has 0 aromatic heterocycles. The average molecular weight is 248 g/mol. The van der Waals surface area contributed by atoms with Gasteiger partial charge in [0.1, 0.15) is 0 Å². The number of likely N-dealkylation sites (N-methyl/N-ethyl adjacent to an activating group) is 1. The summed E-state index contributed by atoms with van der Waals surface area (Å²) in [6.07, 6.45) is 1.07. The zero-order chi connectivity index (χ0) is 13.0. The Morgan fingerprint density at radius 3 is 2.22 bits per heavy atom. The molecule has 0 saturated carbocycles. The van der Waals surface area contributed by atoms with Gasteiger partial charge < -0.3 is 10.0 Å². The Morgan fingerprint density at radius 2 is 1.72 bits per heavy atom. The topological polar surface area (TPSA) is 26.7 Å². The minimum absolute atomic E-state index is 0.157. The fourth-order valence-electron chi connectivity index (χ4n) is 2.54. The molecule has 0 bridgehead atoms. The van der Waals surface area contributed by atoms with Gasteiger partial charge in [-0.3, -0.25) is 4.90 Å². The number of hydrogen-bond donors (Lipinski definition) is 1. The van der Waals surface area contributed by atoms with Crippen molar-refractivity contribution in [2.75, 3.05) is 39.8 Å². The van der Waals surface area contributed by atoms with Crippen molar-refractivity contribution >= 4 is 0 Å². The van der Waals surface area contributed by atoms with Crippen LogP contribution in [0.2, 0.25) is 0 Å². The molecule has 3 nitrogen and oxygen atoms in total. The highest BCUT2D eigenvalue weighted by atomic mass is 16.3. The fraction of sp³-hybridized carbons (Fsp3) is 0.600. The Balaban J connectivity index is 2.07. The number of aliphatic hydroxyl groups excluding tert-OH is 1. The highest BCUT2D eigenvalue weighted by molar-refractivity contribution is 5.25. The standard InChI is InChI=1S/C15H24N2O/c1-3-13-4-6-14(7-5-13)15(12-18)17-10-8-16(2)9-11-17/h4-7,15,18H,3,8-12H2,1-2H3. The van der Waals surface area contributed by atoms with Crippen LogP contribution in [0.25, 0.3) is 0 Å². The summed E-state index contributed by atoms with van der Waals surface area (Å²) in [7, 11) is 2.15. The Hall–Kier alpha value is -0.900. The van der Waals surface area contributed by atoms with E-state index in [-0.39, 0.29) is 12.6 Å². The summed E-state index contributed by atoms with van der Waals surface area (Å²) in [5, 5.41) is 9.67. The van der Waals surface area contributed by atoms with Crippen molar-refractivity contribution < 1.29 is 5.11 Å². The summed E-state index contributed by atoms with van der Waals surface area (Å²) in [6, 6.07) is 8.84. The van der Waals surface area contributed by atoms with E-state index in [0.717, 1.165) is 32.6 Å². The lowest BCUT2D eigenvalue weighted by molar-refractivity contribution is 0.0748. The Labute approximate surface area is 110 Å². The smallest absolute Gasteiger partial charge is 0.0628 e. The molecule has 1 heterocycles. The molecule has 1 atom stereocenters. The first-order valence-corrected chi connectivity index (χ1v) is 6.87. The van der Waals surface area contributed by atoms with Crippen LogP contribution >= 0.6 is 0 Å². The Morgan fingerprint density at radius 1 is 1.11 bits per heavy atom. The lowest BCUT2D eigenvalue weighted by Crippen LogP contribution is -2.46. The van der Waals surface area contributed by atoms with Crippen molar-refractivity contribution in [3.8, 4) is 0 Å². The molecule has 0 spiro atoms. The highest BCUT2D eigenvalue weighted by Gasteiger charge is 2.22. The molecule has 0 radical (unpaired) electrons. The van der Waals surface area contributed by atoms with Crippen molar-refractivity contribution in [2.24, 2.45) is 0 Å². The molecule has 1 aliphatic rings. The quantitative estimate of drug-likeness (QED) is 0.875. The van der Waals surface area contributed by atoms with Gasteiger partial charge in [0.05, 0.1) is 12.6 Å². The number of aryl methyl sites for hydroxylation is 1. The molecule has 1 aromatic rings. The van der Waals surface area contributed by atoms with Gasteiger partial charge >= 0.3 is 0 Å². The minimum atomic E-state index is 0.157. The maximum atomic E-state index is 9.67. The monoisotopic (exact) mass is 248 g/mol. The summed E-state index contributed by atoms with van der Waals surface area (Å²) in [5.74, 6) is 0. The maximum absolute atomic E-state index is 9.67. The molecule has 1 saturated heterocycles. The van der Waals surface area contributed by atoms with Gasteiger partial charge in [-0.1, -0.05) is 31.2 Å². The average Bonchev–Trinajstić information content (AvgIpc) is 2.42. The van der Waals surface area contributed by atoms with Gasteiger partial charge in [0, 0.05) is 26.2 Å². The third kappa shape index (κ3) is 3.10. The zero-order valence-electron chi connectivity index (χ0n) is 11.5. The van der Waals surface area contributed by atoms with Crippen molar-refractivity contribution in [2.45, 2.75) is 19.4 Å². The van der Waals surface area contributed by atoms with Crippen molar-refractivity contribution in [1.29, 1.82) is 0 Å². The molecular weight excluding hydrogens is 224 g/mol. The van der Waals surface area contributed by atoms with E-state index in [0.29, 0.717) is 0 Å². The van der Waals surface area contributed by atoms with Crippen LogP contribution in [0.1, 0.15) is 24.1 Å². The van der Waals surface area contributed by atoms with Gasteiger partial charge in [-0.15, -0.1) is 0 Å². The predicted octanol–water partition coefficient (Wildman–Crippen LogP) is 1.53. The minimum Gasteiger partial charge on any atom is -0.394 e. The first-order chi connectivity index (χ1) is 8.74. The van der Waals surface area contributed by atoms with Crippen LogP contribution in [0.3, 0.4) is 0 Å². The summed E-state index contributed by atoms with van der Waals surface area (Å²) in [6.45, 7) is 6.62. The van der Waals surface area contributed by atoms with E-state index in [1.165, 1.54) is 11.1 Å². The molecule has 2 rings (SSSR count). The number of nitrogens with zero attached hydrogens (tertiary/aromatic N) is 2. The van der Waals surface area contributed by atoms with E-state index in [1.54, 1.807) is 0 Å². The maximum Gasteiger partial charge on any atom is 0.0628 e. The molecule has 1 aromatic carbocycles. The van der Waals surface area contributed by atoms with E-state index in [2.05, 4.69) is 48.0 Å². The van der Waals surface area contributed by atoms with Crippen LogP contribution in [0.4, 0.5) is 0 Å². The van der Waals surface area contributed by atoms with E-state index in [1.807, 2.05) is 0 Å². The van der Waals surface area contributed by atoms with E-state index >= 15 is 0 Å². The highest BCUT2D eigenvalue weighted by Crippen LogP contribution is 2.22. The van der Waals surface area contributed by atoms with Crippen LogP contribution in [0.15, 0.2) is 24.3 Å². The van der Waals surface area contributed by atoms with Crippen molar-refractivity contribution in [3.63, 3.8) is 0 Å². The molecule has 0 aliphatic carbocycles. The summed E-state index contributed by atoms with van der Waals surface area (Å²) >= 11 is 0. The lowest BCUT2D eigenvalue weighted by atomic mass is 10.0. The fourth-order valence-corrected chi connectivity index (χ4v) is 2.54. The number of piperazine rings is 1. The van der Waals surface area contributed by atoms with Crippen LogP contribution in [-0.2, 0) is 6.42 Å². The van der Waals surface area contributed by atoms with Crippen molar-refractivity contribution in [1.82, 2.24) is 9.80 Å². The van der Waals surface area contributed by atoms with E-state index in [9.17, 15) is 5.11 Å². The van der Waals surface area contributed by atoms with Crippen LogP contribution in [-0.4, -0.2) is 54.7 Å². The third-order valence-corrected chi connectivity index (χ3v) is 3.92. The zero-order valence-corrected chi connectivity index (χ0v) is 11.5. The van der Waals surface area contributed by atoms with Gasteiger partial charge in [0.2, 0.25) is 0 Å². The Bertz CT molecular complexity index is 355. The molecule has 1 fully saturated rings. The van der Waals surface area contributed by atoms with E-state index < -0.39 is 0 Å². The summed E-state index contributed by atoms with van der Waals surface area (Å²) in [5.41, 5.74) is 2.59. The Kier molecular flexibility index (Phi) is 4.75. The molecular formula is C15H24N2O. The molecule has 1 aliphatic heterocycles. The van der Waals surface area contributed by atoms with Gasteiger partial charge in [-0.25, -0.2) is 0 Å². The molecule has 18 heavy (non-hydrogen) atoms. The van der Waals surface area contributed by atoms with Crippen molar-refractivity contribution in [3.05, 3.63) is 35.4 Å². The van der Waals surface area contributed by atoms with Gasteiger partial charge in [-0.05, 0) is 24.6 Å². The first kappa shape index (κ1) is 13.5. The van der Waals surface area contributed by atoms with E-state index in [4.69, 9.17) is 0 Å². The first-order valence-electron chi connectivity index (χ1n) is 6.87.